The van der Waals surface area contributed by atoms with Gasteiger partial charge in [0.2, 0.25) is 11.7 Å². The van der Waals surface area contributed by atoms with Gasteiger partial charge in [-0.25, -0.2) is 0 Å². The van der Waals surface area contributed by atoms with Crippen molar-refractivity contribution < 1.29 is 9.47 Å². The van der Waals surface area contributed by atoms with Crippen LogP contribution in [0.3, 0.4) is 0 Å². The van der Waals surface area contributed by atoms with Crippen LogP contribution in [0.4, 0.5) is 0 Å². The lowest BCUT2D eigenvalue weighted by Crippen LogP contribution is -2.60. The van der Waals surface area contributed by atoms with Crippen LogP contribution in [0, 0.1) is 63.1 Å². The molecule has 0 aromatic heterocycles. The zero-order chi connectivity index (χ0) is 20.6. The molecule has 0 aliphatic carbocycles. The third kappa shape index (κ3) is 2.30. The summed E-state index contributed by atoms with van der Waals surface area (Å²) in [6.45, 7) is 5.77. The Balaban J connectivity index is 2.21. The van der Waals surface area contributed by atoms with Crippen molar-refractivity contribution in [2.24, 2.45) is 16.7 Å². The number of rotatable bonds is 5. The molecule has 2 saturated heterocycles. The largest absolute Gasteiger partial charge is 0.443 e. The maximum atomic E-state index is 10.2. The van der Waals surface area contributed by atoms with Crippen LogP contribution in [0.5, 0.6) is 0 Å². The fraction of sp³-hybridized carbons (Fsp3) is 0.545. The summed E-state index contributed by atoms with van der Waals surface area (Å²) in [5, 5.41) is 38.8. The van der Waals surface area contributed by atoms with Crippen molar-refractivity contribution >= 4 is 5.90 Å². The number of hydrogen-bond donors (Lipinski definition) is 1. The van der Waals surface area contributed by atoms with Crippen molar-refractivity contribution in [3.8, 4) is 18.2 Å². The second kappa shape index (κ2) is 6.93. The highest BCUT2D eigenvalue weighted by Crippen LogP contribution is 2.66. The molecule has 2 aliphatic heterocycles. The molecule has 144 valence electrons. The molecule has 0 saturated carbocycles. The van der Waals surface area contributed by atoms with Gasteiger partial charge in [0.05, 0.1) is 30.2 Å². The SMILES string of the molecule is CCCCCC1OC2(c3ccc(C)cc3)OC(=N)C(C#N)(C2C)C1(C#N)C#N. The molecule has 1 aromatic rings. The zero-order valence-corrected chi connectivity index (χ0v) is 16.5. The molecule has 6 heteroatoms. The van der Waals surface area contributed by atoms with Crippen molar-refractivity contribution in [3.05, 3.63) is 35.4 Å². The van der Waals surface area contributed by atoms with Crippen molar-refractivity contribution in [2.75, 3.05) is 0 Å². The Labute approximate surface area is 165 Å². The Bertz CT molecular complexity index is 890. The first-order chi connectivity index (χ1) is 13.4. The Morgan fingerprint density at radius 1 is 1.07 bits per heavy atom. The van der Waals surface area contributed by atoms with E-state index >= 15 is 0 Å². The number of aryl methyl sites for hydroxylation is 1. The summed E-state index contributed by atoms with van der Waals surface area (Å²) < 4.78 is 12.3. The lowest BCUT2D eigenvalue weighted by Gasteiger charge is -2.48. The second-order valence-electron chi connectivity index (χ2n) is 7.74. The third-order valence-corrected chi connectivity index (χ3v) is 6.31. The van der Waals surface area contributed by atoms with Crippen LogP contribution in [0.15, 0.2) is 24.3 Å². The van der Waals surface area contributed by atoms with Crippen LogP contribution >= 0.6 is 0 Å². The first-order valence-corrected chi connectivity index (χ1v) is 9.65. The summed E-state index contributed by atoms with van der Waals surface area (Å²) >= 11 is 0. The molecule has 2 heterocycles. The summed E-state index contributed by atoms with van der Waals surface area (Å²) in [6.07, 6.45) is 2.30. The predicted octanol–water partition coefficient (Wildman–Crippen LogP) is 4.31. The smallest absolute Gasteiger partial charge is 0.243 e. The Morgan fingerprint density at radius 2 is 1.71 bits per heavy atom. The van der Waals surface area contributed by atoms with Gasteiger partial charge in [0, 0.05) is 5.56 Å². The minimum atomic E-state index is -1.79. The predicted molar refractivity (Wildman–Crippen MR) is 102 cm³/mol. The molecule has 4 unspecified atom stereocenters. The number of benzene rings is 1. The van der Waals surface area contributed by atoms with E-state index in [1.165, 1.54) is 0 Å². The molecule has 0 spiro atoms. The van der Waals surface area contributed by atoms with E-state index in [1.54, 1.807) is 6.92 Å². The Hall–Kier alpha value is -2.88. The number of fused-ring (bicyclic) bond motifs is 2. The third-order valence-electron chi connectivity index (χ3n) is 6.31. The fourth-order valence-corrected chi connectivity index (χ4v) is 4.60. The van der Waals surface area contributed by atoms with Crippen molar-refractivity contribution in [3.63, 3.8) is 0 Å². The molecule has 0 amide bonds. The van der Waals surface area contributed by atoms with Gasteiger partial charge in [0.1, 0.15) is 0 Å². The fourth-order valence-electron chi connectivity index (χ4n) is 4.60. The van der Waals surface area contributed by atoms with Crippen molar-refractivity contribution in [1.82, 2.24) is 0 Å². The molecule has 2 aliphatic rings. The Morgan fingerprint density at radius 3 is 2.25 bits per heavy atom. The zero-order valence-electron chi connectivity index (χ0n) is 16.5. The van der Waals surface area contributed by atoms with E-state index in [9.17, 15) is 15.8 Å². The van der Waals surface area contributed by atoms with Gasteiger partial charge >= 0.3 is 0 Å². The van der Waals surface area contributed by atoms with E-state index in [4.69, 9.17) is 14.9 Å². The maximum Gasteiger partial charge on any atom is 0.243 e. The molecular formula is C22H24N4O2. The standard InChI is InChI=1S/C22H24N4O2/c1-4-5-6-7-18-20(12-23,13-24)21(14-25)16(3)22(27-18,28-19(21)26)17-10-8-15(2)9-11-17/h8-11,16,18,26H,4-7H2,1-3H3. The number of nitriles is 3. The second-order valence-corrected chi connectivity index (χ2v) is 7.74. The van der Waals surface area contributed by atoms with Gasteiger partial charge in [-0.05, 0) is 13.3 Å². The van der Waals surface area contributed by atoms with Crippen molar-refractivity contribution in [2.45, 2.75) is 58.3 Å². The number of unbranched alkanes of at least 4 members (excludes halogenated alkanes) is 2. The van der Waals surface area contributed by atoms with Gasteiger partial charge in [-0.3, -0.25) is 5.41 Å². The molecule has 4 atom stereocenters. The highest BCUT2D eigenvalue weighted by molar-refractivity contribution is 5.89. The summed E-state index contributed by atoms with van der Waals surface area (Å²) in [5.74, 6) is -2.40. The summed E-state index contributed by atoms with van der Waals surface area (Å²) in [4.78, 5) is 0. The van der Waals surface area contributed by atoms with E-state index in [-0.39, 0.29) is 5.90 Å². The number of nitrogens with one attached hydrogen (secondary N) is 1. The summed E-state index contributed by atoms with van der Waals surface area (Å²) in [7, 11) is 0. The summed E-state index contributed by atoms with van der Waals surface area (Å²) in [5.41, 5.74) is -1.73. The lowest BCUT2D eigenvalue weighted by molar-refractivity contribution is -0.286. The van der Waals surface area contributed by atoms with Crippen molar-refractivity contribution in [1.29, 1.82) is 21.2 Å². The average Bonchev–Trinajstić information content (AvgIpc) is 2.86. The average molecular weight is 376 g/mol. The highest BCUT2D eigenvalue weighted by atomic mass is 16.7. The molecule has 1 aromatic carbocycles. The maximum absolute atomic E-state index is 10.2. The van der Waals surface area contributed by atoms with E-state index in [0.29, 0.717) is 12.0 Å². The molecule has 6 nitrogen and oxygen atoms in total. The van der Waals surface area contributed by atoms with Gasteiger partial charge in [-0.2, -0.15) is 15.8 Å². The van der Waals surface area contributed by atoms with Crippen LogP contribution in [0.25, 0.3) is 0 Å². The first-order valence-electron chi connectivity index (χ1n) is 9.65. The Kier molecular flexibility index (Phi) is 4.92. The van der Waals surface area contributed by atoms with Crippen LogP contribution in [-0.4, -0.2) is 12.0 Å². The van der Waals surface area contributed by atoms with Crippen LogP contribution in [-0.2, 0) is 15.3 Å². The van der Waals surface area contributed by atoms with E-state index in [0.717, 1.165) is 24.8 Å². The molecule has 1 N–H and O–H groups in total. The van der Waals surface area contributed by atoms with Crippen LogP contribution < -0.4 is 0 Å². The minimum Gasteiger partial charge on any atom is -0.443 e. The molecule has 28 heavy (non-hydrogen) atoms. The van der Waals surface area contributed by atoms with E-state index in [1.807, 2.05) is 31.2 Å². The monoisotopic (exact) mass is 376 g/mol. The number of ether oxygens (including phenoxy) is 2. The van der Waals surface area contributed by atoms with Crippen LogP contribution in [0.2, 0.25) is 0 Å². The minimum absolute atomic E-state index is 0.357. The highest BCUT2D eigenvalue weighted by Gasteiger charge is 2.79. The molecule has 2 bridgehead atoms. The lowest BCUT2D eigenvalue weighted by atomic mass is 9.53. The molecule has 3 rings (SSSR count). The molecule has 2 fully saturated rings. The first kappa shape index (κ1) is 19.9. The normalized spacial score (nSPS) is 32.6. The summed E-state index contributed by atoms with van der Waals surface area (Å²) in [6, 6.07) is 13.9. The molecular weight excluding hydrogens is 352 g/mol. The van der Waals surface area contributed by atoms with E-state index < -0.39 is 28.6 Å². The van der Waals surface area contributed by atoms with Gasteiger partial charge < -0.3 is 9.47 Å². The van der Waals surface area contributed by atoms with Crippen LogP contribution in [0.1, 0.15) is 50.7 Å². The molecule has 0 radical (unpaired) electrons. The topological polar surface area (TPSA) is 114 Å². The van der Waals surface area contributed by atoms with Gasteiger partial charge in [-0.1, -0.05) is 62.9 Å². The van der Waals surface area contributed by atoms with E-state index in [2.05, 4.69) is 25.1 Å². The van der Waals surface area contributed by atoms with Gasteiger partial charge in [0.15, 0.2) is 10.8 Å². The number of hydrogen-bond acceptors (Lipinski definition) is 6. The van der Waals surface area contributed by atoms with Gasteiger partial charge in [-0.15, -0.1) is 0 Å². The number of nitrogens with zero attached hydrogens (tertiary/aromatic N) is 3. The van der Waals surface area contributed by atoms with Gasteiger partial charge in [0.25, 0.3) is 0 Å². The quantitative estimate of drug-likeness (QED) is 0.769.